The highest BCUT2D eigenvalue weighted by atomic mass is 31.2. The van der Waals surface area contributed by atoms with Gasteiger partial charge in [-0.25, -0.2) is 9.13 Å². The second-order valence-electron chi connectivity index (χ2n) is 27.6. The summed E-state index contributed by atoms with van der Waals surface area (Å²) < 4.78 is 68.3. The number of aliphatic hydroxyl groups is 1. The lowest BCUT2D eigenvalue weighted by atomic mass is 10.00. The molecule has 19 heteroatoms. The van der Waals surface area contributed by atoms with E-state index in [0.29, 0.717) is 37.5 Å². The maximum atomic E-state index is 13.0. The molecule has 0 aromatic rings. The average molecular weight is 1340 g/mol. The zero-order chi connectivity index (χ0) is 67.5. The fourth-order valence-electron chi connectivity index (χ4n) is 10.8. The van der Waals surface area contributed by atoms with Crippen LogP contribution in [0.1, 0.15) is 357 Å². The maximum absolute atomic E-state index is 13.0. The van der Waals surface area contributed by atoms with Crippen LogP contribution in [0.2, 0.25) is 0 Å². The summed E-state index contributed by atoms with van der Waals surface area (Å²) in [6.07, 6.45) is 44.8. The molecule has 6 atom stereocenters. The third-order valence-electron chi connectivity index (χ3n) is 16.9. The lowest BCUT2D eigenvalue weighted by Gasteiger charge is -2.21. The summed E-state index contributed by atoms with van der Waals surface area (Å²) in [7, 11) is -9.90. The van der Waals surface area contributed by atoms with E-state index in [0.717, 1.165) is 115 Å². The second kappa shape index (κ2) is 61.6. The van der Waals surface area contributed by atoms with Gasteiger partial charge in [0.15, 0.2) is 12.2 Å². The van der Waals surface area contributed by atoms with E-state index in [1.165, 1.54) is 148 Å². The van der Waals surface area contributed by atoms with Crippen molar-refractivity contribution in [2.24, 2.45) is 23.7 Å². The largest absolute Gasteiger partial charge is 0.472 e. The van der Waals surface area contributed by atoms with E-state index in [-0.39, 0.29) is 25.7 Å². The van der Waals surface area contributed by atoms with Crippen molar-refractivity contribution in [1.82, 2.24) is 0 Å². The Hall–Kier alpha value is -1.94. The zero-order valence-electron chi connectivity index (χ0n) is 59.5. The molecular weight excluding hydrogens is 1200 g/mol. The molecule has 91 heavy (non-hydrogen) atoms. The Bertz CT molecular complexity index is 1800. The molecule has 0 aromatic heterocycles. The van der Waals surface area contributed by atoms with E-state index in [2.05, 4.69) is 55.4 Å². The molecule has 0 fully saturated rings. The van der Waals surface area contributed by atoms with Gasteiger partial charge in [0.25, 0.3) is 0 Å². The van der Waals surface area contributed by atoms with Crippen LogP contribution in [0.25, 0.3) is 0 Å². The Morgan fingerprint density at radius 3 is 0.780 bits per heavy atom. The van der Waals surface area contributed by atoms with Crippen LogP contribution in [0.4, 0.5) is 0 Å². The summed E-state index contributed by atoms with van der Waals surface area (Å²) in [6, 6.07) is 0. The van der Waals surface area contributed by atoms with Crippen molar-refractivity contribution in [1.29, 1.82) is 0 Å². The summed E-state index contributed by atoms with van der Waals surface area (Å²) in [4.78, 5) is 72.5. The number of carbonyl (C=O) groups is 4. The van der Waals surface area contributed by atoms with Gasteiger partial charge in [-0.15, -0.1) is 0 Å². The van der Waals surface area contributed by atoms with Gasteiger partial charge in [-0.05, 0) is 49.4 Å². The zero-order valence-corrected chi connectivity index (χ0v) is 61.3. The van der Waals surface area contributed by atoms with Gasteiger partial charge < -0.3 is 33.8 Å². The van der Waals surface area contributed by atoms with Gasteiger partial charge in [0.2, 0.25) is 0 Å². The first-order chi connectivity index (χ1) is 43.6. The molecule has 0 heterocycles. The number of phosphoric acid groups is 2. The van der Waals surface area contributed by atoms with E-state index in [1.54, 1.807) is 0 Å². The second-order valence-corrected chi connectivity index (χ2v) is 30.6. The van der Waals surface area contributed by atoms with E-state index in [4.69, 9.17) is 37.0 Å². The van der Waals surface area contributed by atoms with Crippen molar-refractivity contribution in [3.8, 4) is 0 Å². The highest BCUT2D eigenvalue weighted by molar-refractivity contribution is 7.47. The number of hydrogen-bond acceptors (Lipinski definition) is 15. The lowest BCUT2D eigenvalue weighted by Crippen LogP contribution is -2.30. The van der Waals surface area contributed by atoms with Crippen LogP contribution in [0.15, 0.2) is 0 Å². The minimum Gasteiger partial charge on any atom is -0.462 e. The first-order valence-corrected chi connectivity index (χ1v) is 40.2. The number of phosphoric ester groups is 2. The number of aliphatic hydroxyl groups excluding tert-OH is 1. The minimum atomic E-state index is -4.95. The lowest BCUT2D eigenvalue weighted by molar-refractivity contribution is -0.161. The predicted octanol–water partition coefficient (Wildman–Crippen LogP) is 20.5. The fourth-order valence-corrected chi connectivity index (χ4v) is 12.4. The van der Waals surface area contributed by atoms with Crippen molar-refractivity contribution in [3.63, 3.8) is 0 Å². The van der Waals surface area contributed by atoms with E-state index >= 15 is 0 Å². The average Bonchev–Trinajstić information content (AvgIpc) is 3.56. The molecule has 3 N–H and O–H groups in total. The van der Waals surface area contributed by atoms with Gasteiger partial charge in [0, 0.05) is 25.7 Å². The predicted molar refractivity (Wildman–Crippen MR) is 367 cm³/mol. The van der Waals surface area contributed by atoms with E-state index < -0.39 is 97.5 Å². The summed E-state index contributed by atoms with van der Waals surface area (Å²) in [5.41, 5.74) is 0. The quantitative estimate of drug-likeness (QED) is 0.0222. The minimum absolute atomic E-state index is 0.102. The molecule has 0 aromatic carbocycles. The van der Waals surface area contributed by atoms with Gasteiger partial charge in [0.05, 0.1) is 26.4 Å². The van der Waals surface area contributed by atoms with Gasteiger partial charge in [-0.3, -0.25) is 37.3 Å². The topological polar surface area (TPSA) is 237 Å². The van der Waals surface area contributed by atoms with Crippen LogP contribution in [0.5, 0.6) is 0 Å². The van der Waals surface area contributed by atoms with Gasteiger partial charge in [-0.2, -0.15) is 0 Å². The smallest absolute Gasteiger partial charge is 0.462 e. The molecule has 17 nitrogen and oxygen atoms in total. The Balaban J connectivity index is 5.16. The van der Waals surface area contributed by atoms with Crippen LogP contribution < -0.4 is 0 Å². The number of hydrogen-bond donors (Lipinski definition) is 3. The van der Waals surface area contributed by atoms with E-state index in [9.17, 15) is 43.2 Å². The van der Waals surface area contributed by atoms with Gasteiger partial charge in [0.1, 0.15) is 19.3 Å². The Morgan fingerprint density at radius 2 is 0.527 bits per heavy atom. The van der Waals surface area contributed by atoms with Crippen molar-refractivity contribution < 1.29 is 80.2 Å². The molecule has 0 radical (unpaired) electrons. The molecule has 0 spiro atoms. The van der Waals surface area contributed by atoms with Crippen molar-refractivity contribution in [2.75, 3.05) is 39.6 Å². The molecule has 0 aliphatic rings. The first-order valence-electron chi connectivity index (χ1n) is 37.2. The van der Waals surface area contributed by atoms with Crippen LogP contribution in [0.3, 0.4) is 0 Å². The monoisotopic (exact) mass is 1340 g/mol. The van der Waals surface area contributed by atoms with Crippen LogP contribution in [-0.4, -0.2) is 96.7 Å². The van der Waals surface area contributed by atoms with Crippen molar-refractivity contribution >= 4 is 39.5 Å². The summed E-state index contributed by atoms with van der Waals surface area (Å²) in [6.45, 7) is 14.0. The van der Waals surface area contributed by atoms with E-state index in [1.807, 2.05) is 0 Å². The highest BCUT2D eigenvalue weighted by Crippen LogP contribution is 2.45. The highest BCUT2D eigenvalue weighted by Gasteiger charge is 2.30. The third-order valence-corrected chi connectivity index (χ3v) is 18.8. The molecule has 0 aliphatic heterocycles. The van der Waals surface area contributed by atoms with Crippen LogP contribution >= 0.6 is 15.6 Å². The third kappa shape index (κ3) is 65.1. The van der Waals surface area contributed by atoms with Gasteiger partial charge in [-0.1, -0.05) is 306 Å². The molecular formula is C72H140O17P2. The molecule has 0 amide bonds. The molecule has 0 saturated heterocycles. The van der Waals surface area contributed by atoms with Crippen LogP contribution in [-0.2, 0) is 65.4 Å². The molecule has 0 rings (SSSR count). The molecule has 0 saturated carbocycles. The Labute approximate surface area is 556 Å². The van der Waals surface area contributed by atoms with Crippen molar-refractivity contribution in [2.45, 2.75) is 375 Å². The van der Waals surface area contributed by atoms with Crippen LogP contribution in [0, 0.1) is 23.7 Å². The number of ether oxygens (including phenoxy) is 4. The normalized spacial score (nSPS) is 14.5. The summed E-state index contributed by atoms with van der Waals surface area (Å²) in [5, 5.41) is 10.6. The summed E-state index contributed by atoms with van der Waals surface area (Å²) >= 11 is 0. The Morgan fingerprint density at radius 1 is 0.308 bits per heavy atom. The number of unbranched alkanes of at least 4 members (excludes halogenated alkanes) is 34. The molecule has 540 valence electrons. The SMILES string of the molecule is CCC(C)CCCCCCCCC(=O)O[C@H](COC(=O)CCCCCCCCCC(C)C)COP(=O)(O)OCC(O)COP(=O)(O)OC[C@@H](COC(=O)CCCCCCCCCC(C)C)OC(=O)CCCCCCCCCCCCCCCCCCCCC(C)C. The Kier molecular flexibility index (Phi) is 60.3. The molecule has 4 unspecified atom stereocenters. The summed E-state index contributed by atoms with van der Waals surface area (Å²) in [5.74, 6) is 0.818. The number of esters is 4. The van der Waals surface area contributed by atoms with Gasteiger partial charge >= 0.3 is 39.5 Å². The number of carbonyl (C=O) groups excluding carboxylic acids is 4. The first kappa shape index (κ1) is 89.1. The molecule has 0 aliphatic carbocycles. The fraction of sp³-hybridized carbons (Fsp3) is 0.944. The maximum Gasteiger partial charge on any atom is 0.472 e. The molecule has 0 bridgehead atoms. The standard InChI is InChI=1S/C72H140O17P2/c1-9-65(8)51-43-35-30-31-39-47-55-72(77)89-68(59-83-70(75)53-45-37-29-23-26-34-42-50-64(6)7)61-87-91(80,81)85-57-66(73)56-84-90(78,79)86-60-67(58-82-69(74)52-44-36-28-22-25-33-41-49-63(4)5)88-71(76)54-46-38-27-21-19-17-15-13-11-10-12-14-16-18-20-24-32-40-48-62(2)3/h62-68,73H,9-61H2,1-8H3,(H,78,79)(H,80,81)/t65?,66?,67-,68-/m1/s1. The number of rotatable bonds is 69. The van der Waals surface area contributed by atoms with Crippen molar-refractivity contribution in [3.05, 3.63) is 0 Å².